The van der Waals surface area contributed by atoms with Crippen LogP contribution in [0.25, 0.3) is 0 Å². The SMILES string of the molecule is CC(CCCCNC(=O)COCCOCCNC(=O)CCN1C(=O)C=CC1=O)C(=O)P=S.CC(CCCCNC(=O)COCCOCCNC(=O)CCN1C(=O)C=CC1=O)C(N)=O.S=PP=S. The fourth-order valence-electron chi connectivity index (χ4n) is 5.27. The van der Waals surface area contributed by atoms with Crippen molar-refractivity contribution >= 4 is 116 Å². The molecule has 2 heterocycles. The molecule has 0 aliphatic carbocycles. The quantitative estimate of drug-likeness (QED) is 0.0331. The lowest BCUT2D eigenvalue weighted by atomic mass is 10.0. The molecule has 374 valence electrons. The molecule has 2 aliphatic heterocycles. The Morgan fingerprint density at radius 3 is 1.25 bits per heavy atom. The lowest BCUT2D eigenvalue weighted by Gasteiger charge is -2.13. The first-order valence-electron chi connectivity index (χ1n) is 21.3. The van der Waals surface area contributed by atoms with Crippen molar-refractivity contribution in [3.63, 3.8) is 0 Å². The summed E-state index contributed by atoms with van der Waals surface area (Å²) in [5, 5.41) is 10.7. The zero-order chi connectivity index (χ0) is 50.2. The molecule has 0 bridgehead atoms. The highest BCUT2D eigenvalue weighted by atomic mass is 32.7. The second kappa shape index (κ2) is 41.2. The van der Waals surface area contributed by atoms with E-state index in [1.54, 1.807) is 6.92 Å². The van der Waals surface area contributed by atoms with Crippen molar-refractivity contribution in [1.29, 1.82) is 0 Å². The Balaban J connectivity index is 0.00000120. The average Bonchev–Trinajstić information content (AvgIpc) is 3.81. The van der Waals surface area contributed by atoms with Crippen molar-refractivity contribution in [2.45, 2.75) is 65.2 Å². The van der Waals surface area contributed by atoms with Crippen LogP contribution in [0.1, 0.15) is 65.2 Å². The third-order valence-corrected chi connectivity index (χ3v) is 12.9. The van der Waals surface area contributed by atoms with Gasteiger partial charge in [-0.1, -0.05) is 26.7 Å². The lowest BCUT2D eigenvalue weighted by Crippen LogP contribution is -2.35. The molecule has 0 aromatic heterocycles. The standard InChI is InChI=1S/C20H32N4O7.C20H30N3O7PS.P2S2/c1-15(20(21)29)4-2-3-8-22-17(26)14-31-13-12-30-11-9-23-16(25)7-10-24-18(27)5-6-19(24)28;1-15(20(28)31-32)4-2-3-8-21-17(25)14-30-13-12-29-11-9-22-16(24)7-10-23-18(26)5-6-19(23)27;3-1-2-4/h5-6,15H,2-4,7-14H2,1H3,(H2,21,29)(H,22,26)(H,23,25);5-6,15H,2-4,7-14H2,1H3,(H,21,25)(H,22,24);. The molecule has 2 unspecified atom stereocenters. The molecule has 0 spiro atoms. The van der Waals surface area contributed by atoms with E-state index >= 15 is 0 Å². The van der Waals surface area contributed by atoms with E-state index in [1.807, 2.05) is 6.92 Å². The lowest BCUT2D eigenvalue weighted by molar-refractivity contribution is -0.139. The molecule has 0 fully saturated rings. The van der Waals surface area contributed by atoms with Crippen LogP contribution in [0.3, 0.4) is 0 Å². The molecule has 2 aliphatic rings. The number of carbonyl (C=O) groups is 10. The van der Waals surface area contributed by atoms with Crippen LogP contribution in [-0.4, -0.2) is 161 Å². The number of hydrogen-bond donors (Lipinski definition) is 5. The minimum atomic E-state index is -0.412. The monoisotopic (exact) mass is 1050 g/mol. The largest absolute Gasteiger partial charge is 0.377 e. The van der Waals surface area contributed by atoms with Gasteiger partial charge in [0.2, 0.25) is 29.5 Å². The molecular weight excluding hydrogens is 992 g/mol. The highest BCUT2D eigenvalue weighted by Gasteiger charge is 2.24. The van der Waals surface area contributed by atoms with Crippen molar-refractivity contribution in [2.75, 3.05) is 92.1 Å². The molecular formula is C40H62N7O14P3S3. The third kappa shape index (κ3) is 34.2. The van der Waals surface area contributed by atoms with Crippen LogP contribution in [0, 0.1) is 11.8 Å². The van der Waals surface area contributed by atoms with Crippen LogP contribution in [0.4, 0.5) is 0 Å². The number of nitrogens with zero attached hydrogens (tertiary/aromatic N) is 2. The summed E-state index contributed by atoms with van der Waals surface area (Å²) >= 11 is 13.5. The second-order valence-corrected chi connectivity index (χ2v) is 19.8. The Morgan fingerprint density at radius 2 is 0.896 bits per heavy atom. The van der Waals surface area contributed by atoms with Gasteiger partial charge in [0.15, 0.2) is 5.52 Å². The fraction of sp³-hybridized carbons (Fsp3) is 0.650. The Kier molecular flexibility index (Phi) is 38.8. The van der Waals surface area contributed by atoms with Gasteiger partial charge >= 0.3 is 0 Å². The number of nitrogens with one attached hydrogen (secondary N) is 4. The van der Waals surface area contributed by atoms with E-state index in [0.29, 0.717) is 26.9 Å². The summed E-state index contributed by atoms with van der Waals surface area (Å²) in [6.07, 6.45) is 9.43. The van der Waals surface area contributed by atoms with Crippen LogP contribution in [0.2, 0.25) is 0 Å². The highest BCUT2D eigenvalue weighted by molar-refractivity contribution is 8.40. The Labute approximate surface area is 410 Å². The van der Waals surface area contributed by atoms with Gasteiger partial charge in [-0.05, 0) is 61.1 Å². The molecule has 6 N–H and O–H groups in total. The maximum Gasteiger partial charge on any atom is 0.253 e. The minimum absolute atomic E-state index is 0.0293. The maximum absolute atomic E-state index is 11.7. The molecule has 21 nitrogen and oxygen atoms in total. The van der Waals surface area contributed by atoms with E-state index in [2.05, 4.69) is 44.9 Å². The topological polar surface area (TPSA) is 288 Å². The fourth-order valence-corrected chi connectivity index (χ4v) is 6.11. The number of primary amides is 1. The molecule has 0 aromatic carbocycles. The molecule has 67 heavy (non-hydrogen) atoms. The summed E-state index contributed by atoms with van der Waals surface area (Å²) in [6, 6.07) is 0. The average molecular weight is 1050 g/mol. The van der Waals surface area contributed by atoms with Gasteiger partial charge in [-0.3, -0.25) is 57.7 Å². The Hall–Kier alpha value is -3.82. The van der Waals surface area contributed by atoms with Gasteiger partial charge in [-0.2, -0.15) is 0 Å². The molecule has 9 amide bonds. The number of ether oxygens (including phenoxy) is 4. The van der Waals surface area contributed by atoms with Gasteiger partial charge in [-0.25, -0.2) is 0 Å². The number of rotatable bonds is 36. The first kappa shape index (κ1) is 63.2. The normalized spacial score (nSPS) is 13.8. The van der Waals surface area contributed by atoms with Crippen molar-refractivity contribution in [1.82, 2.24) is 31.1 Å². The first-order valence-corrected chi connectivity index (χ1v) is 27.8. The summed E-state index contributed by atoms with van der Waals surface area (Å²) in [5.74, 6) is -3.15. The van der Waals surface area contributed by atoms with Gasteiger partial charge in [0.05, 0.1) is 47.0 Å². The number of unbranched alkanes of at least 4 members (excludes halogenated alkanes) is 2. The number of imide groups is 2. The molecule has 2 rings (SSSR count). The number of nitrogens with two attached hydrogens (primary N) is 1. The summed E-state index contributed by atoms with van der Waals surface area (Å²) in [6.45, 7) is 6.80. The minimum Gasteiger partial charge on any atom is -0.377 e. The van der Waals surface area contributed by atoms with Crippen molar-refractivity contribution in [3.8, 4) is 0 Å². The van der Waals surface area contributed by atoms with Gasteiger partial charge in [0.25, 0.3) is 23.6 Å². The zero-order valence-corrected chi connectivity index (χ0v) is 42.9. The van der Waals surface area contributed by atoms with Gasteiger partial charge in [0.1, 0.15) is 13.2 Å². The molecule has 2 atom stereocenters. The summed E-state index contributed by atoms with van der Waals surface area (Å²) in [5.41, 5.74) is 5.25. The summed E-state index contributed by atoms with van der Waals surface area (Å²) in [7, 11) is 2.11. The van der Waals surface area contributed by atoms with Crippen molar-refractivity contribution in [2.24, 2.45) is 17.6 Å². The molecule has 0 saturated carbocycles. The predicted octanol–water partition coefficient (Wildman–Crippen LogP) is 0.885. The van der Waals surface area contributed by atoms with E-state index < -0.39 is 23.6 Å². The van der Waals surface area contributed by atoms with Crippen LogP contribution in [-0.2, 0) is 102 Å². The van der Waals surface area contributed by atoms with E-state index in [-0.39, 0.29) is 139 Å². The highest BCUT2D eigenvalue weighted by Crippen LogP contribution is 2.14. The van der Waals surface area contributed by atoms with Crippen LogP contribution in [0.5, 0.6) is 0 Å². The number of amides is 9. The van der Waals surface area contributed by atoms with Crippen LogP contribution in [0.15, 0.2) is 24.3 Å². The Morgan fingerprint density at radius 1 is 0.537 bits per heavy atom. The number of hydrogen-bond acceptors (Lipinski definition) is 17. The van der Waals surface area contributed by atoms with Gasteiger partial charge in [0, 0.05) is 102 Å². The third-order valence-electron chi connectivity index (χ3n) is 9.08. The molecule has 0 aromatic rings. The van der Waals surface area contributed by atoms with Gasteiger partial charge < -0.3 is 45.9 Å². The van der Waals surface area contributed by atoms with Gasteiger partial charge in [-0.15, -0.1) is 0 Å². The van der Waals surface area contributed by atoms with E-state index in [0.717, 1.165) is 56.0 Å². The summed E-state index contributed by atoms with van der Waals surface area (Å²) in [4.78, 5) is 116. The maximum atomic E-state index is 11.7. The first-order chi connectivity index (χ1) is 32.1. The zero-order valence-electron chi connectivity index (χ0n) is 37.8. The molecule has 27 heteroatoms. The Bertz CT molecular complexity index is 1690. The smallest absolute Gasteiger partial charge is 0.253 e. The molecule has 0 radical (unpaired) electrons. The van der Waals surface area contributed by atoms with Crippen LogP contribution >= 0.6 is 21.4 Å². The predicted molar refractivity (Wildman–Crippen MR) is 259 cm³/mol. The van der Waals surface area contributed by atoms with Crippen molar-refractivity contribution in [3.05, 3.63) is 24.3 Å². The van der Waals surface area contributed by atoms with E-state index in [4.69, 9.17) is 36.5 Å². The van der Waals surface area contributed by atoms with E-state index in [1.165, 1.54) is 24.3 Å². The van der Waals surface area contributed by atoms with Crippen molar-refractivity contribution < 1.29 is 66.9 Å². The molecule has 0 saturated heterocycles. The number of carbonyl (C=O) groups excluding carboxylic acids is 10. The van der Waals surface area contributed by atoms with Crippen LogP contribution < -0.4 is 27.0 Å². The van der Waals surface area contributed by atoms with E-state index in [9.17, 15) is 47.9 Å². The second-order valence-electron chi connectivity index (χ2n) is 14.3. The summed E-state index contributed by atoms with van der Waals surface area (Å²) < 4.78 is 21.0.